The first-order chi connectivity index (χ1) is 20.1. The maximum atomic E-state index is 12.9. The zero-order valence-electron chi connectivity index (χ0n) is 26.1. The van der Waals surface area contributed by atoms with Gasteiger partial charge in [-0.05, 0) is 52.5 Å². The SMILES string of the molecule is COCCC(=O)Nc1nn(C)c2c(C(C)(C)C)cc(Cn3nc(NC(=O)C4CC4)c4c(Cl)ccc(C(C)(C)C)c43)c(Cl)c12. The number of rotatable bonds is 8. The topological polar surface area (TPSA) is 103 Å². The Hall–Kier alpha value is -3.14. The van der Waals surface area contributed by atoms with Crippen LogP contribution < -0.4 is 10.6 Å². The van der Waals surface area contributed by atoms with E-state index in [1.54, 1.807) is 11.8 Å². The van der Waals surface area contributed by atoms with Crippen LogP contribution in [0.1, 0.15) is 77.5 Å². The molecule has 0 aliphatic heterocycles. The smallest absolute Gasteiger partial charge is 0.228 e. The van der Waals surface area contributed by atoms with E-state index >= 15 is 0 Å². The Morgan fingerprint density at radius 1 is 0.953 bits per heavy atom. The number of aryl methyl sites for hydroxylation is 1. The molecule has 5 rings (SSSR count). The van der Waals surface area contributed by atoms with E-state index in [2.05, 4.69) is 63.3 Å². The number of nitrogens with zero attached hydrogens (tertiary/aromatic N) is 4. The fraction of sp³-hybridized carbons (Fsp3) is 0.500. The van der Waals surface area contributed by atoms with Gasteiger partial charge in [0.1, 0.15) is 0 Å². The second-order valence-electron chi connectivity index (χ2n) is 13.5. The van der Waals surface area contributed by atoms with E-state index in [4.69, 9.17) is 33.0 Å². The molecule has 43 heavy (non-hydrogen) atoms. The Balaban J connectivity index is 1.72. The number of aromatic nitrogens is 4. The molecule has 0 saturated heterocycles. The molecule has 4 aromatic rings. The first-order valence-electron chi connectivity index (χ1n) is 14.6. The number of nitrogens with one attached hydrogen (secondary N) is 2. The maximum Gasteiger partial charge on any atom is 0.228 e. The van der Waals surface area contributed by atoms with Crippen molar-refractivity contribution in [1.29, 1.82) is 0 Å². The van der Waals surface area contributed by atoms with Gasteiger partial charge in [0, 0.05) is 20.1 Å². The molecule has 2 heterocycles. The average Bonchev–Trinajstić information content (AvgIpc) is 3.63. The fourth-order valence-electron chi connectivity index (χ4n) is 5.48. The van der Waals surface area contributed by atoms with Crippen LogP contribution in [0, 0.1) is 5.92 Å². The number of methoxy groups -OCH3 is 1. The molecule has 1 saturated carbocycles. The molecule has 0 atom stereocenters. The van der Waals surface area contributed by atoms with Crippen LogP contribution in [0.4, 0.5) is 11.6 Å². The van der Waals surface area contributed by atoms with Crippen molar-refractivity contribution in [2.75, 3.05) is 24.4 Å². The van der Waals surface area contributed by atoms with Crippen molar-refractivity contribution in [3.05, 3.63) is 44.9 Å². The predicted molar refractivity (Wildman–Crippen MR) is 173 cm³/mol. The summed E-state index contributed by atoms with van der Waals surface area (Å²) in [6.45, 7) is 13.4. The molecule has 2 aromatic heterocycles. The van der Waals surface area contributed by atoms with Crippen LogP contribution in [0.2, 0.25) is 10.0 Å². The van der Waals surface area contributed by atoms with Gasteiger partial charge >= 0.3 is 0 Å². The molecule has 11 heteroatoms. The van der Waals surface area contributed by atoms with Gasteiger partial charge in [0.15, 0.2) is 11.6 Å². The monoisotopic (exact) mass is 626 g/mol. The third-order valence-electron chi connectivity index (χ3n) is 7.88. The zero-order chi connectivity index (χ0) is 31.4. The second-order valence-corrected chi connectivity index (χ2v) is 14.3. The van der Waals surface area contributed by atoms with Crippen LogP contribution in [0.25, 0.3) is 21.8 Å². The van der Waals surface area contributed by atoms with Crippen LogP contribution in [0.3, 0.4) is 0 Å². The lowest BCUT2D eigenvalue weighted by atomic mass is 9.84. The van der Waals surface area contributed by atoms with Crippen LogP contribution >= 0.6 is 23.2 Å². The molecule has 0 unspecified atom stereocenters. The van der Waals surface area contributed by atoms with Crippen molar-refractivity contribution < 1.29 is 14.3 Å². The highest BCUT2D eigenvalue weighted by Gasteiger charge is 2.32. The van der Waals surface area contributed by atoms with Gasteiger partial charge in [-0.2, -0.15) is 10.2 Å². The summed E-state index contributed by atoms with van der Waals surface area (Å²) < 4.78 is 8.73. The van der Waals surface area contributed by atoms with Gasteiger partial charge in [0.2, 0.25) is 11.8 Å². The number of hydrogen-bond acceptors (Lipinski definition) is 5. The molecule has 0 spiro atoms. The van der Waals surface area contributed by atoms with Gasteiger partial charge in [-0.1, -0.05) is 70.8 Å². The highest BCUT2D eigenvalue weighted by Crippen LogP contribution is 2.42. The third-order valence-corrected chi connectivity index (χ3v) is 8.63. The van der Waals surface area contributed by atoms with E-state index in [1.165, 1.54) is 0 Å². The van der Waals surface area contributed by atoms with Crippen LogP contribution in [0.5, 0.6) is 0 Å². The van der Waals surface area contributed by atoms with E-state index < -0.39 is 0 Å². The molecule has 0 radical (unpaired) electrons. The maximum absolute atomic E-state index is 12.9. The lowest BCUT2D eigenvalue weighted by Crippen LogP contribution is -2.16. The average molecular weight is 628 g/mol. The summed E-state index contributed by atoms with van der Waals surface area (Å²) in [4.78, 5) is 25.6. The minimum absolute atomic E-state index is 0.0130. The summed E-state index contributed by atoms with van der Waals surface area (Å²) in [6, 6.07) is 5.99. The number of fused-ring (bicyclic) bond motifs is 2. The van der Waals surface area contributed by atoms with Crippen LogP contribution in [-0.2, 0) is 38.7 Å². The largest absolute Gasteiger partial charge is 0.384 e. The van der Waals surface area contributed by atoms with E-state index in [0.29, 0.717) is 45.6 Å². The van der Waals surface area contributed by atoms with Crippen LogP contribution in [0.15, 0.2) is 18.2 Å². The number of benzene rings is 2. The fourth-order valence-corrected chi connectivity index (χ4v) is 6.02. The van der Waals surface area contributed by atoms with E-state index in [0.717, 1.165) is 40.6 Å². The summed E-state index contributed by atoms with van der Waals surface area (Å²) in [7, 11) is 3.41. The van der Waals surface area contributed by atoms with Gasteiger partial charge in [-0.25, -0.2) is 0 Å². The van der Waals surface area contributed by atoms with Crippen molar-refractivity contribution in [2.24, 2.45) is 13.0 Å². The molecule has 1 fully saturated rings. The van der Waals surface area contributed by atoms with Gasteiger partial charge in [0.05, 0.1) is 51.4 Å². The number of hydrogen-bond donors (Lipinski definition) is 2. The van der Waals surface area contributed by atoms with Crippen molar-refractivity contribution in [3.63, 3.8) is 0 Å². The second kappa shape index (κ2) is 11.4. The minimum atomic E-state index is -0.266. The lowest BCUT2D eigenvalue weighted by Gasteiger charge is -2.24. The zero-order valence-corrected chi connectivity index (χ0v) is 27.6. The number of anilines is 2. The van der Waals surface area contributed by atoms with Gasteiger partial charge in [-0.15, -0.1) is 0 Å². The Morgan fingerprint density at radius 3 is 2.21 bits per heavy atom. The number of carbonyl (C=O) groups excluding carboxylic acids is 2. The highest BCUT2D eigenvalue weighted by molar-refractivity contribution is 6.38. The summed E-state index contributed by atoms with van der Waals surface area (Å²) in [5.74, 6) is 0.613. The summed E-state index contributed by atoms with van der Waals surface area (Å²) in [5.41, 5.74) is 4.09. The number of ether oxygens (including phenoxy) is 1. The molecule has 230 valence electrons. The van der Waals surface area contributed by atoms with Crippen LogP contribution in [-0.4, -0.2) is 45.1 Å². The number of carbonyl (C=O) groups is 2. The van der Waals surface area contributed by atoms with Gasteiger partial charge in [0.25, 0.3) is 0 Å². The Kier molecular flexibility index (Phi) is 8.31. The molecule has 1 aliphatic rings. The predicted octanol–water partition coefficient (Wildman–Crippen LogP) is 7.20. The third kappa shape index (κ3) is 6.12. The Bertz CT molecular complexity index is 1740. The molecule has 2 amide bonds. The Morgan fingerprint density at radius 2 is 1.60 bits per heavy atom. The molecule has 9 nitrogen and oxygen atoms in total. The minimum Gasteiger partial charge on any atom is -0.384 e. The normalized spacial score (nSPS) is 14.1. The number of halogens is 2. The summed E-state index contributed by atoms with van der Waals surface area (Å²) in [5, 5.41) is 17.9. The van der Waals surface area contributed by atoms with Crippen molar-refractivity contribution in [3.8, 4) is 0 Å². The van der Waals surface area contributed by atoms with Gasteiger partial charge < -0.3 is 15.4 Å². The van der Waals surface area contributed by atoms with E-state index in [1.807, 2.05) is 23.9 Å². The molecule has 2 N–H and O–H groups in total. The molecule has 2 aromatic carbocycles. The van der Waals surface area contributed by atoms with E-state index in [9.17, 15) is 9.59 Å². The Labute approximate surface area is 262 Å². The molecule has 0 bridgehead atoms. The lowest BCUT2D eigenvalue weighted by molar-refractivity contribution is -0.118. The van der Waals surface area contributed by atoms with Crippen molar-refractivity contribution >= 4 is 68.5 Å². The van der Waals surface area contributed by atoms with Gasteiger partial charge in [-0.3, -0.25) is 19.0 Å². The summed E-state index contributed by atoms with van der Waals surface area (Å²) >= 11 is 14.0. The number of amides is 2. The molecular formula is C32H40Cl2N6O3. The first-order valence-corrected chi connectivity index (χ1v) is 15.3. The van der Waals surface area contributed by atoms with Crippen molar-refractivity contribution in [1.82, 2.24) is 19.6 Å². The van der Waals surface area contributed by atoms with E-state index in [-0.39, 0.29) is 35.0 Å². The quantitative estimate of drug-likeness (QED) is 0.215. The molecule has 1 aliphatic carbocycles. The highest BCUT2D eigenvalue weighted by atomic mass is 35.5. The molecular weight excluding hydrogens is 587 g/mol. The van der Waals surface area contributed by atoms with Crippen molar-refractivity contribution in [2.45, 2.75) is 78.2 Å². The first kappa shape index (κ1) is 31.3. The summed E-state index contributed by atoms with van der Waals surface area (Å²) in [6.07, 6.45) is 1.96. The standard InChI is InChI=1S/C32H40Cl2N6O3/c1-31(2,3)19-11-12-21(33)23-27(19)40(38-28(23)36-30(42)17-9-10-17)16-18-15-20(32(4,5)6)26-24(25(18)34)29(37-39(26)7)35-22(41)13-14-43-8/h11-12,15,17H,9-10,13-14,16H2,1-8H3,(H,35,37,41)(H,36,38,42).